The molecule has 3 unspecified atom stereocenters. The molecule has 0 saturated carbocycles. The summed E-state index contributed by atoms with van der Waals surface area (Å²) in [5.41, 5.74) is 4.64. The van der Waals surface area contributed by atoms with E-state index in [-0.39, 0.29) is 60.7 Å². The van der Waals surface area contributed by atoms with Crippen molar-refractivity contribution in [2.45, 2.75) is 0 Å². The van der Waals surface area contributed by atoms with Crippen molar-refractivity contribution in [1.82, 2.24) is 0 Å². The van der Waals surface area contributed by atoms with E-state index < -0.39 is 23.5 Å². The van der Waals surface area contributed by atoms with Crippen LogP contribution in [0.3, 0.4) is 0 Å². The number of phosphoric ester groups is 3. The van der Waals surface area contributed by atoms with Crippen LogP contribution in [0.2, 0.25) is 0 Å². The molecule has 9 rings (SSSR count). The maximum absolute atomic E-state index is 12.1. The van der Waals surface area contributed by atoms with E-state index in [1.54, 1.807) is 146 Å². The van der Waals surface area contributed by atoms with Gasteiger partial charge in [-0.1, -0.05) is 200 Å². The zero-order valence-electron chi connectivity index (χ0n) is 36.9. The van der Waals surface area contributed by atoms with Crippen molar-refractivity contribution >= 4 is 49.7 Å². The van der Waals surface area contributed by atoms with Gasteiger partial charge < -0.3 is 41.8 Å². The smallest absolute Gasteiger partial charge is 0.736 e. The Balaban J connectivity index is 0.000000171. The van der Waals surface area contributed by atoms with E-state index in [0.29, 0.717) is 16.7 Å². The number of hydrogen-bond donors (Lipinski definition) is 0. The van der Waals surface area contributed by atoms with Crippen molar-refractivity contribution in [3.63, 3.8) is 0 Å². The van der Waals surface area contributed by atoms with Gasteiger partial charge in [-0.25, -0.2) is 13.7 Å². The van der Waals surface area contributed by atoms with Crippen LogP contribution in [0.1, 0.15) is 0 Å². The molecule has 0 amide bonds. The molecule has 0 heterocycles. The van der Waals surface area contributed by atoms with Gasteiger partial charge in [0.1, 0.15) is 34.5 Å². The Hall–Kier alpha value is -6.77. The van der Waals surface area contributed by atoms with Gasteiger partial charge in [0.25, 0.3) is 0 Å². The summed E-state index contributed by atoms with van der Waals surface area (Å²) in [4.78, 5) is 36.4. The van der Waals surface area contributed by atoms with Crippen LogP contribution in [0.15, 0.2) is 255 Å². The first kappa shape index (κ1) is 52.6. The molecule has 0 bridgehead atoms. The monoisotopic (exact) mass is 1180 g/mol. The van der Waals surface area contributed by atoms with Crippen LogP contribution < -0.4 is 41.8 Å². The normalized spacial score (nSPS) is 12.9. The molecule has 0 aliphatic carbocycles. The van der Waals surface area contributed by atoms with Gasteiger partial charge in [0.2, 0.25) is 0 Å². The fourth-order valence-corrected chi connectivity index (χ4v) is 8.91. The molecule has 9 aromatic rings. The Morgan fingerprint density at radius 2 is 0.429 bits per heavy atom. The minimum Gasteiger partial charge on any atom is -0.736 e. The number of benzene rings is 9. The molecule has 70 heavy (non-hydrogen) atoms. The van der Waals surface area contributed by atoms with Gasteiger partial charge in [-0.2, -0.15) is 0 Å². The fraction of sp³-hybridized carbons (Fsp3) is 0. The van der Waals surface area contributed by atoms with E-state index in [1.807, 2.05) is 109 Å². The third kappa shape index (κ3) is 16.4. The second kappa shape index (κ2) is 25.7. The van der Waals surface area contributed by atoms with E-state index in [2.05, 4.69) is 0 Å². The first-order valence-corrected chi connectivity index (χ1v) is 25.5. The molecule has 12 nitrogen and oxygen atoms in total. The fourth-order valence-electron chi connectivity index (χ4n) is 6.46. The second-order valence-corrected chi connectivity index (χ2v) is 18.2. The standard InChI is InChI=1S/3C18H15O4P.Bi/c3*19-23(20,21-16-11-5-2-6-12-16)22-18-14-8-7-13-17(18)15-9-3-1-4-10-15;/h3*1-14H,(H,19,20);/q;;;+3/p-3. The van der Waals surface area contributed by atoms with Crippen molar-refractivity contribution in [2.24, 2.45) is 0 Å². The largest absolute Gasteiger partial charge is 3.00 e. The molecular weight excluding hydrogens is 1140 g/mol. The summed E-state index contributed by atoms with van der Waals surface area (Å²) in [5.74, 6) is 1.32. The number of para-hydroxylation sites is 6. The van der Waals surface area contributed by atoms with Gasteiger partial charge in [0, 0.05) is 16.7 Å². The summed E-state index contributed by atoms with van der Waals surface area (Å²) in [6, 6.07) is 73.8. The zero-order chi connectivity index (χ0) is 48.4. The summed E-state index contributed by atoms with van der Waals surface area (Å²) in [6.45, 7) is 0. The Kier molecular flexibility index (Phi) is 19.3. The summed E-state index contributed by atoms with van der Waals surface area (Å²) < 4.78 is 66.8. The molecule has 2 radical (unpaired) electrons. The quantitative estimate of drug-likeness (QED) is 0.0702. The molecule has 0 N–H and O–H groups in total. The van der Waals surface area contributed by atoms with Crippen LogP contribution in [0.25, 0.3) is 33.4 Å². The molecule has 0 aromatic heterocycles. The maximum Gasteiger partial charge on any atom is 3.00 e. The van der Waals surface area contributed by atoms with Crippen LogP contribution in [0.5, 0.6) is 34.5 Å². The molecule has 0 saturated heterocycles. The first-order chi connectivity index (χ1) is 33.4. The van der Waals surface area contributed by atoms with Crippen LogP contribution in [0.4, 0.5) is 0 Å². The van der Waals surface area contributed by atoms with Crippen molar-refractivity contribution in [3.8, 4) is 67.9 Å². The van der Waals surface area contributed by atoms with E-state index in [9.17, 15) is 28.4 Å². The summed E-state index contributed by atoms with van der Waals surface area (Å²) in [7, 11) is -13.6. The van der Waals surface area contributed by atoms with E-state index in [0.717, 1.165) is 16.7 Å². The predicted octanol–water partition coefficient (Wildman–Crippen LogP) is 12.5. The molecule has 350 valence electrons. The van der Waals surface area contributed by atoms with Crippen LogP contribution in [-0.4, -0.2) is 26.2 Å². The molecule has 0 spiro atoms. The minimum atomic E-state index is -4.53. The Bertz CT molecular complexity index is 2800. The van der Waals surface area contributed by atoms with Gasteiger partial charge >= 0.3 is 49.7 Å². The van der Waals surface area contributed by atoms with Gasteiger partial charge in [0.15, 0.2) is 0 Å². The Morgan fingerprint density at radius 3 is 0.657 bits per heavy atom. The van der Waals surface area contributed by atoms with Crippen LogP contribution in [0, 0.1) is 0 Å². The van der Waals surface area contributed by atoms with Gasteiger partial charge in [0.05, 0.1) is 0 Å². The van der Waals surface area contributed by atoms with E-state index >= 15 is 0 Å². The number of hydrogen-bond acceptors (Lipinski definition) is 12. The molecule has 0 fully saturated rings. The molecular formula is C54H42BiO12P3. The van der Waals surface area contributed by atoms with Crippen LogP contribution in [-0.2, 0) is 13.7 Å². The van der Waals surface area contributed by atoms with Gasteiger partial charge in [-0.05, 0) is 71.3 Å². The third-order valence-corrected chi connectivity index (χ3v) is 12.0. The molecule has 16 heteroatoms. The summed E-state index contributed by atoms with van der Waals surface area (Å²) in [5, 5.41) is 0. The second-order valence-electron chi connectivity index (χ2n) is 14.4. The Morgan fingerprint density at radius 1 is 0.243 bits per heavy atom. The minimum absolute atomic E-state index is 0. The summed E-state index contributed by atoms with van der Waals surface area (Å²) in [6.07, 6.45) is 0. The van der Waals surface area contributed by atoms with E-state index in [1.165, 1.54) is 0 Å². The topological polar surface area (TPSA) is 176 Å². The molecule has 3 atom stereocenters. The predicted molar refractivity (Wildman–Crippen MR) is 267 cm³/mol. The third-order valence-electron chi connectivity index (χ3n) is 9.43. The van der Waals surface area contributed by atoms with Crippen molar-refractivity contribution in [2.75, 3.05) is 0 Å². The Labute approximate surface area is 425 Å². The average Bonchev–Trinajstić information content (AvgIpc) is 3.36. The first-order valence-electron chi connectivity index (χ1n) is 21.1. The average molecular weight is 1180 g/mol. The number of rotatable bonds is 15. The summed E-state index contributed by atoms with van der Waals surface area (Å²) >= 11 is 0. The van der Waals surface area contributed by atoms with Crippen molar-refractivity contribution in [3.05, 3.63) is 255 Å². The van der Waals surface area contributed by atoms with Crippen molar-refractivity contribution in [1.29, 1.82) is 0 Å². The number of phosphoric acid groups is 3. The zero-order valence-corrected chi connectivity index (χ0v) is 43.1. The molecule has 0 aliphatic rings. The van der Waals surface area contributed by atoms with E-state index in [4.69, 9.17) is 27.1 Å². The van der Waals surface area contributed by atoms with Crippen LogP contribution >= 0.6 is 23.5 Å². The van der Waals surface area contributed by atoms with Gasteiger partial charge in [-0.3, -0.25) is 0 Å². The molecule has 0 aliphatic heterocycles. The SMILES string of the molecule is O=P([O-])(Oc1ccccc1)Oc1ccccc1-c1ccccc1.O=P([O-])(Oc1ccccc1)Oc1ccccc1-c1ccccc1.O=P([O-])(Oc1ccccc1)Oc1ccccc1-c1ccccc1.[Bi+3]. The van der Waals surface area contributed by atoms with Crippen molar-refractivity contribution < 1.29 is 55.5 Å². The molecule has 9 aromatic carbocycles. The maximum atomic E-state index is 12.1. The van der Waals surface area contributed by atoms with Gasteiger partial charge in [-0.15, -0.1) is 0 Å².